The average molecular weight is 500 g/mol. The van der Waals surface area contributed by atoms with Crippen LogP contribution in [0.4, 0.5) is 20.3 Å². The van der Waals surface area contributed by atoms with Gasteiger partial charge in [0, 0.05) is 29.6 Å². The van der Waals surface area contributed by atoms with Crippen molar-refractivity contribution in [3.8, 4) is 5.75 Å². The van der Waals surface area contributed by atoms with Crippen LogP contribution in [0.5, 0.6) is 5.75 Å². The van der Waals surface area contributed by atoms with E-state index in [9.17, 15) is 9.18 Å². The molecule has 0 aliphatic rings. The van der Waals surface area contributed by atoms with Gasteiger partial charge in [-0.15, -0.1) is 0 Å². The summed E-state index contributed by atoms with van der Waals surface area (Å²) in [5.74, 6) is -1.86. The molecule has 35 heavy (non-hydrogen) atoms. The van der Waals surface area contributed by atoms with Crippen molar-refractivity contribution in [1.82, 2.24) is 14.4 Å². The number of halogens is 3. The third-order valence-corrected chi connectivity index (χ3v) is 5.78. The van der Waals surface area contributed by atoms with E-state index in [0.29, 0.717) is 28.4 Å². The lowest BCUT2D eigenvalue weighted by Crippen LogP contribution is -2.20. The number of hydrogen-bond donors (Lipinski definition) is 2. The van der Waals surface area contributed by atoms with Gasteiger partial charge in [0.05, 0.1) is 16.8 Å². The van der Waals surface area contributed by atoms with Crippen LogP contribution in [0.2, 0.25) is 5.02 Å². The lowest BCUT2D eigenvalue weighted by atomic mass is 9.95. The third kappa shape index (κ3) is 4.64. The maximum absolute atomic E-state index is 15.3. The van der Waals surface area contributed by atoms with E-state index in [0.717, 1.165) is 6.07 Å². The van der Waals surface area contributed by atoms with E-state index in [1.807, 2.05) is 13.8 Å². The maximum Gasteiger partial charge on any atom is 0.262 e. The molecule has 1 unspecified atom stereocenters. The summed E-state index contributed by atoms with van der Waals surface area (Å²) in [7, 11) is 0. The van der Waals surface area contributed by atoms with E-state index in [1.54, 1.807) is 30.6 Å². The molecule has 2 aromatic carbocycles. The lowest BCUT2D eigenvalue weighted by molar-refractivity contribution is 0.101. The number of anilines is 2. The van der Waals surface area contributed by atoms with Crippen LogP contribution in [0.25, 0.3) is 5.52 Å². The fourth-order valence-electron chi connectivity index (χ4n) is 3.99. The Bertz CT molecular complexity index is 1440. The molecule has 10 heteroatoms. The molecule has 182 valence electrons. The summed E-state index contributed by atoms with van der Waals surface area (Å²) in [6.45, 7) is 7.17. The predicted octanol–water partition coefficient (Wildman–Crippen LogP) is 5.74. The number of nitrogen functional groups attached to an aromatic ring is 1. The summed E-state index contributed by atoms with van der Waals surface area (Å²) < 4.78 is 36.7. The smallest absolute Gasteiger partial charge is 0.262 e. The molecule has 0 spiro atoms. The number of carbonyl (C=O) groups excluding carboxylic acids is 1. The van der Waals surface area contributed by atoms with Crippen molar-refractivity contribution in [3.63, 3.8) is 0 Å². The number of imidazole rings is 1. The molecule has 0 bridgehead atoms. The van der Waals surface area contributed by atoms with Crippen LogP contribution in [0.1, 0.15) is 54.1 Å². The first-order valence-corrected chi connectivity index (χ1v) is 11.3. The molecule has 1 amide bonds. The number of amides is 1. The van der Waals surface area contributed by atoms with Crippen molar-refractivity contribution >= 4 is 34.5 Å². The van der Waals surface area contributed by atoms with Crippen LogP contribution in [0.15, 0.2) is 42.7 Å². The zero-order chi connectivity index (χ0) is 25.4. The van der Waals surface area contributed by atoms with Gasteiger partial charge in [0.25, 0.3) is 5.91 Å². The zero-order valence-corrected chi connectivity index (χ0v) is 20.3. The van der Waals surface area contributed by atoms with Gasteiger partial charge in [-0.1, -0.05) is 24.6 Å². The summed E-state index contributed by atoms with van der Waals surface area (Å²) in [5, 5.41) is 2.27. The number of rotatable bonds is 6. The van der Waals surface area contributed by atoms with Gasteiger partial charge in [0.2, 0.25) is 0 Å². The van der Waals surface area contributed by atoms with Crippen LogP contribution in [0, 0.1) is 18.6 Å². The van der Waals surface area contributed by atoms with Crippen LogP contribution >= 0.6 is 11.6 Å². The van der Waals surface area contributed by atoms with Gasteiger partial charge in [-0.05, 0) is 45.0 Å². The normalized spacial score (nSPS) is 12.2. The minimum absolute atomic E-state index is 0.0275. The predicted molar refractivity (Wildman–Crippen MR) is 131 cm³/mol. The highest BCUT2D eigenvalue weighted by Crippen LogP contribution is 2.40. The number of hydrogen-bond acceptors (Lipinski definition) is 5. The van der Waals surface area contributed by atoms with Crippen molar-refractivity contribution in [2.45, 2.75) is 39.7 Å². The Hall–Kier alpha value is -3.72. The number of nitrogens with two attached hydrogens (primary N) is 1. The van der Waals surface area contributed by atoms with Gasteiger partial charge in [0.15, 0.2) is 5.82 Å². The first-order valence-electron chi connectivity index (χ1n) is 10.9. The number of nitrogens with zero attached hydrogens (tertiary/aromatic N) is 3. The topological polar surface area (TPSA) is 94.5 Å². The highest BCUT2D eigenvalue weighted by molar-refractivity contribution is 6.31. The van der Waals surface area contributed by atoms with Crippen molar-refractivity contribution in [3.05, 3.63) is 82.0 Å². The monoisotopic (exact) mass is 499 g/mol. The number of ether oxygens (including phenoxy) is 1. The largest absolute Gasteiger partial charge is 0.490 e. The number of benzene rings is 2. The van der Waals surface area contributed by atoms with Gasteiger partial charge < -0.3 is 15.8 Å². The summed E-state index contributed by atoms with van der Waals surface area (Å²) in [5.41, 5.74) is 7.61. The SMILES string of the molecule is Cc1nc(C(C)c2cc(Cl)c(F)c(C(=O)Nc3cccc(F)c3)c2OC(C)C)n2ccnc(N)c12. The Labute approximate surface area is 205 Å². The van der Waals surface area contributed by atoms with Crippen molar-refractivity contribution in [1.29, 1.82) is 0 Å². The minimum atomic E-state index is -0.940. The van der Waals surface area contributed by atoms with Gasteiger partial charge >= 0.3 is 0 Å². The highest BCUT2D eigenvalue weighted by Gasteiger charge is 2.30. The van der Waals surface area contributed by atoms with Crippen molar-refractivity contribution in [2.75, 3.05) is 11.1 Å². The van der Waals surface area contributed by atoms with Gasteiger partial charge in [-0.3, -0.25) is 9.20 Å². The van der Waals surface area contributed by atoms with Crippen molar-refractivity contribution < 1.29 is 18.3 Å². The molecule has 1 atom stereocenters. The Morgan fingerprint density at radius 2 is 1.97 bits per heavy atom. The van der Waals surface area contributed by atoms with Gasteiger partial charge in [-0.25, -0.2) is 18.7 Å². The van der Waals surface area contributed by atoms with Gasteiger partial charge in [-0.2, -0.15) is 0 Å². The van der Waals surface area contributed by atoms with E-state index in [1.165, 1.54) is 24.3 Å². The number of carbonyl (C=O) groups is 1. The molecule has 0 aliphatic carbocycles. The summed E-state index contributed by atoms with van der Waals surface area (Å²) >= 11 is 6.25. The number of fused-ring (bicyclic) bond motifs is 1. The second-order valence-corrected chi connectivity index (χ2v) is 8.81. The molecule has 7 nitrogen and oxygen atoms in total. The maximum atomic E-state index is 15.3. The van der Waals surface area contributed by atoms with E-state index >= 15 is 4.39 Å². The van der Waals surface area contributed by atoms with Crippen molar-refractivity contribution in [2.24, 2.45) is 0 Å². The fraction of sp³-hybridized carbons (Fsp3) is 0.240. The molecule has 2 aromatic heterocycles. The molecule has 3 N–H and O–H groups in total. The Morgan fingerprint density at radius 1 is 1.23 bits per heavy atom. The molecule has 0 radical (unpaired) electrons. The van der Waals surface area contributed by atoms with E-state index in [-0.39, 0.29) is 28.1 Å². The van der Waals surface area contributed by atoms with E-state index in [2.05, 4.69) is 15.3 Å². The highest BCUT2D eigenvalue weighted by atomic mass is 35.5. The van der Waals surface area contributed by atoms with E-state index < -0.39 is 23.5 Å². The molecule has 0 fully saturated rings. The number of aryl methyl sites for hydroxylation is 1. The first-order chi connectivity index (χ1) is 16.6. The Balaban J connectivity index is 1.89. The number of aromatic nitrogens is 3. The van der Waals surface area contributed by atoms with Crippen LogP contribution in [-0.4, -0.2) is 26.4 Å². The second-order valence-electron chi connectivity index (χ2n) is 8.40. The first kappa shape index (κ1) is 24.4. The Kier molecular flexibility index (Phi) is 6.62. The van der Waals surface area contributed by atoms with Crippen LogP contribution in [-0.2, 0) is 0 Å². The van der Waals surface area contributed by atoms with E-state index in [4.69, 9.17) is 22.1 Å². The molecule has 4 rings (SSSR count). The van der Waals surface area contributed by atoms with Crippen LogP contribution in [0.3, 0.4) is 0 Å². The molecular formula is C25H24ClF2N5O2. The summed E-state index contributed by atoms with van der Waals surface area (Å²) in [4.78, 5) is 22.0. The average Bonchev–Trinajstić information content (AvgIpc) is 3.13. The van der Waals surface area contributed by atoms with Crippen LogP contribution < -0.4 is 15.8 Å². The quantitative estimate of drug-likeness (QED) is 0.352. The van der Waals surface area contributed by atoms with Gasteiger partial charge in [0.1, 0.15) is 34.3 Å². The standard InChI is InChI=1S/C25H24ClF2N5O2/c1-12(2)35-22-17(13(3)24-31-14(4)21-23(29)30-8-9-33(21)24)11-18(26)20(28)19(22)25(34)32-16-7-5-6-15(27)10-16/h5-13H,1-4H3,(H2,29,30)(H,32,34). The fourth-order valence-corrected chi connectivity index (χ4v) is 4.20. The molecule has 2 heterocycles. The second kappa shape index (κ2) is 9.50. The zero-order valence-electron chi connectivity index (χ0n) is 19.6. The molecule has 4 aromatic rings. The summed E-state index contributed by atoms with van der Waals surface area (Å²) in [6, 6.07) is 6.73. The molecule has 0 aliphatic heterocycles. The molecule has 0 saturated heterocycles. The Morgan fingerprint density at radius 3 is 2.66 bits per heavy atom. The number of nitrogens with one attached hydrogen (secondary N) is 1. The molecular weight excluding hydrogens is 476 g/mol. The summed E-state index contributed by atoms with van der Waals surface area (Å²) in [6.07, 6.45) is 2.89. The molecule has 0 saturated carbocycles. The third-order valence-electron chi connectivity index (χ3n) is 5.50. The lowest BCUT2D eigenvalue weighted by Gasteiger charge is -2.22. The minimum Gasteiger partial charge on any atom is -0.490 e.